The SMILES string of the molecule is C=C(COC)C(=O)OCCOc1ccc(-c2ccc(-c3ccc(OC(=O)C(=C)CO)cc3)cc2)c(C2CCC(CCCCC)CC2)c1. The first-order valence-electron chi connectivity index (χ1n) is 16.6. The number of methoxy groups -OCH3 is 1. The van der Waals surface area contributed by atoms with Gasteiger partial charge in [-0.2, -0.15) is 0 Å². The number of esters is 2. The van der Waals surface area contributed by atoms with E-state index in [0.29, 0.717) is 11.7 Å². The van der Waals surface area contributed by atoms with Crippen LogP contribution in [0.25, 0.3) is 22.3 Å². The van der Waals surface area contributed by atoms with Crippen LogP contribution in [0.4, 0.5) is 0 Å². The molecule has 1 N–H and O–H groups in total. The van der Waals surface area contributed by atoms with E-state index in [1.807, 2.05) is 18.2 Å². The maximum Gasteiger partial charge on any atom is 0.341 e. The Morgan fingerprint density at radius 1 is 0.787 bits per heavy atom. The molecule has 4 rings (SSSR count). The van der Waals surface area contributed by atoms with E-state index in [-0.39, 0.29) is 31.0 Å². The third-order valence-corrected chi connectivity index (χ3v) is 8.79. The molecule has 0 unspecified atom stereocenters. The molecule has 250 valence electrons. The van der Waals surface area contributed by atoms with Gasteiger partial charge in [0.15, 0.2) is 0 Å². The number of benzene rings is 3. The van der Waals surface area contributed by atoms with Crippen molar-refractivity contribution in [2.75, 3.05) is 33.5 Å². The average Bonchev–Trinajstić information content (AvgIpc) is 3.10. The Labute approximate surface area is 279 Å². The molecule has 0 aliphatic heterocycles. The van der Waals surface area contributed by atoms with Gasteiger partial charge in [-0.3, -0.25) is 0 Å². The molecule has 1 aliphatic rings. The van der Waals surface area contributed by atoms with Crippen LogP contribution in [0.15, 0.2) is 91.0 Å². The zero-order valence-corrected chi connectivity index (χ0v) is 27.8. The van der Waals surface area contributed by atoms with Crippen molar-refractivity contribution < 1.29 is 33.6 Å². The van der Waals surface area contributed by atoms with Crippen LogP contribution in [0.5, 0.6) is 11.5 Å². The van der Waals surface area contributed by atoms with Crippen molar-refractivity contribution in [2.45, 2.75) is 64.2 Å². The van der Waals surface area contributed by atoms with Crippen molar-refractivity contribution in [3.63, 3.8) is 0 Å². The average molecular weight is 641 g/mol. The predicted molar refractivity (Wildman–Crippen MR) is 185 cm³/mol. The van der Waals surface area contributed by atoms with Crippen LogP contribution in [0.3, 0.4) is 0 Å². The molecule has 1 fully saturated rings. The van der Waals surface area contributed by atoms with Crippen molar-refractivity contribution >= 4 is 11.9 Å². The molecule has 7 heteroatoms. The lowest BCUT2D eigenvalue weighted by atomic mass is 9.75. The highest BCUT2D eigenvalue weighted by atomic mass is 16.6. The first kappa shape index (κ1) is 35.7. The molecule has 0 aromatic heterocycles. The summed E-state index contributed by atoms with van der Waals surface area (Å²) < 4.78 is 21.5. The molecule has 3 aromatic rings. The van der Waals surface area contributed by atoms with Crippen LogP contribution < -0.4 is 9.47 Å². The number of ether oxygens (including phenoxy) is 4. The van der Waals surface area contributed by atoms with Crippen LogP contribution >= 0.6 is 0 Å². The number of hydrogen-bond acceptors (Lipinski definition) is 7. The molecule has 47 heavy (non-hydrogen) atoms. The summed E-state index contributed by atoms with van der Waals surface area (Å²) in [7, 11) is 1.51. The molecular formula is C40H48O7. The zero-order valence-electron chi connectivity index (χ0n) is 27.8. The fraction of sp³-hybridized carbons (Fsp3) is 0.400. The lowest BCUT2D eigenvalue weighted by molar-refractivity contribution is -0.140. The number of aliphatic hydroxyl groups is 1. The van der Waals surface area contributed by atoms with Gasteiger partial charge in [-0.05, 0) is 89.6 Å². The minimum absolute atomic E-state index is 0.00879. The van der Waals surface area contributed by atoms with Gasteiger partial charge in [-0.1, -0.05) is 88.2 Å². The Hall–Kier alpha value is -4.20. The smallest absolute Gasteiger partial charge is 0.341 e. The summed E-state index contributed by atoms with van der Waals surface area (Å²) in [5.41, 5.74) is 5.96. The van der Waals surface area contributed by atoms with Gasteiger partial charge in [-0.25, -0.2) is 9.59 Å². The van der Waals surface area contributed by atoms with Crippen LogP contribution in [-0.4, -0.2) is 50.6 Å². The van der Waals surface area contributed by atoms with Crippen molar-refractivity contribution in [1.82, 2.24) is 0 Å². The van der Waals surface area contributed by atoms with Crippen molar-refractivity contribution in [3.05, 3.63) is 96.6 Å². The number of carbonyl (C=O) groups is 2. The second-order valence-electron chi connectivity index (χ2n) is 12.2. The second kappa shape index (κ2) is 18.2. The fourth-order valence-corrected chi connectivity index (χ4v) is 6.11. The van der Waals surface area contributed by atoms with Gasteiger partial charge >= 0.3 is 11.9 Å². The quantitative estimate of drug-likeness (QED) is 0.0685. The Morgan fingerprint density at radius 2 is 1.43 bits per heavy atom. The molecule has 0 heterocycles. The molecule has 7 nitrogen and oxygen atoms in total. The lowest BCUT2D eigenvalue weighted by Gasteiger charge is -2.30. The first-order chi connectivity index (χ1) is 22.8. The lowest BCUT2D eigenvalue weighted by Crippen LogP contribution is -2.16. The number of unbranched alkanes of at least 4 members (excludes halogenated alkanes) is 2. The summed E-state index contributed by atoms with van der Waals surface area (Å²) in [6.07, 6.45) is 10.0. The normalized spacial score (nSPS) is 15.9. The third kappa shape index (κ3) is 10.4. The molecular weight excluding hydrogens is 592 g/mol. The van der Waals surface area contributed by atoms with Gasteiger partial charge in [0.2, 0.25) is 0 Å². The van der Waals surface area contributed by atoms with Crippen molar-refractivity contribution in [3.8, 4) is 33.8 Å². The van der Waals surface area contributed by atoms with E-state index in [9.17, 15) is 9.59 Å². The molecule has 1 aliphatic carbocycles. The summed E-state index contributed by atoms with van der Waals surface area (Å²) >= 11 is 0. The highest BCUT2D eigenvalue weighted by molar-refractivity contribution is 5.89. The van der Waals surface area contributed by atoms with E-state index in [4.69, 9.17) is 24.1 Å². The molecule has 0 saturated heterocycles. The van der Waals surface area contributed by atoms with Gasteiger partial charge in [0, 0.05) is 7.11 Å². The number of rotatable bonds is 17. The Morgan fingerprint density at radius 3 is 2.06 bits per heavy atom. The summed E-state index contributed by atoms with van der Waals surface area (Å²) in [5.74, 6) is 1.30. The molecule has 0 radical (unpaired) electrons. The monoisotopic (exact) mass is 640 g/mol. The Bertz CT molecular complexity index is 1480. The fourth-order valence-electron chi connectivity index (χ4n) is 6.11. The van der Waals surface area contributed by atoms with Crippen LogP contribution in [0, 0.1) is 5.92 Å². The number of aliphatic hydroxyl groups excluding tert-OH is 1. The molecule has 0 amide bonds. The molecule has 0 spiro atoms. The van der Waals surface area contributed by atoms with Crippen LogP contribution in [0.1, 0.15) is 69.8 Å². The van der Waals surface area contributed by atoms with Crippen LogP contribution in [0.2, 0.25) is 0 Å². The second-order valence-corrected chi connectivity index (χ2v) is 12.2. The summed E-state index contributed by atoms with van der Waals surface area (Å²) in [5, 5.41) is 9.09. The number of carbonyl (C=O) groups excluding carboxylic acids is 2. The minimum atomic E-state index is -0.644. The third-order valence-electron chi connectivity index (χ3n) is 8.79. The first-order valence-corrected chi connectivity index (χ1v) is 16.6. The van der Waals surface area contributed by atoms with E-state index >= 15 is 0 Å². The topological polar surface area (TPSA) is 91.3 Å². The van der Waals surface area contributed by atoms with E-state index in [1.165, 1.54) is 56.8 Å². The molecule has 0 atom stereocenters. The molecule has 3 aromatic carbocycles. The zero-order chi connectivity index (χ0) is 33.6. The van der Waals surface area contributed by atoms with E-state index in [1.54, 1.807) is 12.1 Å². The maximum atomic E-state index is 12.0. The van der Waals surface area contributed by atoms with Gasteiger partial charge < -0.3 is 24.1 Å². The van der Waals surface area contributed by atoms with E-state index in [0.717, 1.165) is 41.2 Å². The standard InChI is InChI=1S/C40H48O7/c1-5-6-7-8-30-9-11-34(12-10-30)38-25-36(45-23-24-46-39(42)29(3)27-44-4)21-22-37(38)33-15-13-31(14-16-33)32-17-19-35(20-18-32)47-40(43)28(2)26-41/h13-22,25,30,34,41H,2-3,5-12,23-24,26-27H2,1,4H3. The molecule has 0 bridgehead atoms. The van der Waals surface area contributed by atoms with Crippen molar-refractivity contribution in [2.24, 2.45) is 5.92 Å². The summed E-state index contributed by atoms with van der Waals surface area (Å²) in [6, 6.07) is 22.1. The largest absolute Gasteiger partial charge is 0.490 e. The summed E-state index contributed by atoms with van der Waals surface area (Å²) in [4.78, 5) is 24.0. The van der Waals surface area contributed by atoms with Gasteiger partial charge in [0.25, 0.3) is 0 Å². The highest BCUT2D eigenvalue weighted by Gasteiger charge is 2.25. The minimum Gasteiger partial charge on any atom is -0.490 e. The van der Waals surface area contributed by atoms with Gasteiger partial charge in [-0.15, -0.1) is 0 Å². The highest BCUT2D eigenvalue weighted by Crippen LogP contribution is 2.43. The molecule has 1 saturated carbocycles. The maximum absolute atomic E-state index is 12.0. The van der Waals surface area contributed by atoms with E-state index < -0.39 is 18.5 Å². The van der Waals surface area contributed by atoms with Crippen molar-refractivity contribution in [1.29, 1.82) is 0 Å². The van der Waals surface area contributed by atoms with Gasteiger partial charge in [0.05, 0.1) is 24.4 Å². The summed E-state index contributed by atoms with van der Waals surface area (Å²) in [6.45, 7) is 9.53. The van der Waals surface area contributed by atoms with Gasteiger partial charge in [0.1, 0.15) is 24.7 Å². The number of hydrogen-bond donors (Lipinski definition) is 1. The Kier molecular flexibility index (Phi) is 13.8. The Balaban J connectivity index is 1.48. The predicted octanol–water partition coefficient (Wildman–Crippen LogP) is 8.45. The van der Waals surface area contributed by atoms with Crippen LogP contribution in [-0.2, 0) is 19.1 Å². The van der Waals surface area contributed by atoms with E-state index in [2.05, 4.69) is 56.5 Å².